The number of nitrogens with two attached hydrogens (primary N) is 4. The third-order valence-electron chi connectivity index (χ3n) is 15.8. The summed E-state index contributed by atoms with van der Waals surface area (Å²) in [6.07, 6.45) is 0. The fraction of sp³-hybridized carbons (Fsp3) is 0.289. The molecule has 28 nitrogen and oxygen atoms in total. The molecule has 2 saturated heterocycles. The number of nitro benzene ring substituents is 5. The number of likely N-dealkylation sites (N-methyl/N-ethyl adjacent to an activating group) is 2. The van der Waals surface area contributed by atoms with Crippen LogP contribution < -0.4 is 52.0 Å². The van der Waals surface area contributed by atoms with E-state index in [-0.39, 0.29) is 43.4 Å². The number of nitrogens with zero attached hydrogens (tertiary/aromatic N) is 11. The van der Waals surface area contributed by atoms with Gasteiger partial charge in [0.25, 0.3) is 17.1 Å². The maximum Gasteiger partial charge on any atom is 0.311 e. The van der Waals surface area contributed by atoms with Crippen LogP contribution in [0.4, 0.5) is 78.3 Å². The van der Waals surface area contributed by atoms with Crippen molar-refractivity contribution in [3.8, 4) is 17.2 Å². The monoisotopic (exact) mass is 1450 g/mol. The van der Waals surface area contributed by atoms with Crippen molar-refractivity contribution in [2.45, 2.75) is 41.5 Å². The van der Waals surface area contributed by atoms with Gasteiger partial charge in [0.2, 0.25) is 0 Å². The Labute approximate surface area is 617 Å². The molecule has 0 unspecified atom stereocenters. The van der Waals surface area contributed by atoms with E-state index >= 15 is 0 Å². The Morgan fingerprint density at radius 3 is 1.19 bits per heavy atom. The molecule has 29 heteroatoms. The Bertz CT molecular complexity index is 4210. The van der Waals surface area contributed by atoms with Crippen molar-refractivity contribution in [1.82, 2.24) is 9.80 Å². The second kappa shape index (κ2) is 44.1. The van der Waals surface area contributed by atoms with Gasteiger partial charge in [-0.3, -0.25) is 50.6 Å². The number of ether oxygens (including phenoxy) is 2. The minimum atomic E-state index is -0.609. The third kappa shape index (κ3) is 31.2. The average molecular weight is 1450 g/mol. The number of phenolic OH excluding ortho intramolecular Hbond substituents is 1. The highest BCUT2D eigenvalue weighted by Crippen LogP contribution is 2.30. The van der Waals surface area contributed by atoms with E-state index < -0.39 is 25.5 Å². The topological polar surface area (TPSA) is 378 Å². The Kier molecular flexibility index (Phi) is 36.5. The minimum absolute atomic E-state index is 0. The molecule has 0 amide bonds. The minimum Gasteiger partial charge on any atom is -0.502 e. The van der Waals surface area contributed by atoms with Crippen LogP contribution in [0.25, 0.3) is 0 Å². The van der Waals surface area contributed by atoms with Crippen molar-refractivity contribution in [1.29, 1.82) is 0 Å². The number of aryl methyl sites for hydroxylation is 6. The highest BCUT2D eigenvalue weighted by Gasteiger charge is 2.20. The van der Waals surface area contributed by atoms with Crippen LogP contribution in [0.3, 0.4) is 0 Å². The molecule has 2 aliphatic rings. The number of para-hydroxylation sites is 1. The Hall–Kier alpha value is -12.4. The third-order valence-corrected chi connectivity index (χ3v) is 15.8. The fourth-order valence-electron chi connectivity index (χ4n) is 9.48. The van der Waals surface area contributed by atoms with Gasteiger partial charge in [-0.05, 0) is 180 Å². The molecule has 11 rings (SSSR count). The molecule has 2 fully saturated rings. The van der Waals surface area contributed by atoms with Gasteiger partial charge in [0.15, 0.2) is 11.5 Å². The van der Waals surface area contributed by atoms with Crippen molar-refractivity contribution in [3.63, 3.8) is 0 Å². The largest absolute Gasteiger partial charge is 0.502 e. The average Bonchev–Trinajstić information content (AvgIpc) is 0.832. The van der Waals surface area contributed by atoms with Crippen molar-refractivity contribution in [2.24, 2.45) is 0 Å². The van der Waals surface area contributed by atoms with Gasteiger partial charge in [-0.25, -0.2) is 4.39 Å². The van der Waals surface area contributed by atoms with Crippen LogP contribution in [0.15, 0.2) is 188 Å². The lowest BCUT2D eigenvalue weighted by atomic mass is 10.1. The van der Waals surface area contributed by atoms with Crippen LogP contribution in [0.1, 0.15) is 37.7 Å². The van der Waals surface area contributed by atoms with E-state index in [4.69, 9.17) is 37.5 Å². The van der Waals surface area contributed by atoms with Crippen molar-refractivity contribution in [3.05, 3.63) is 278 Å². The van der Waals surface area contributed by atoms with Crippen LogP contribution >= 0.6 is 0 Å². The highest BCUT2D eigenvalue weighted by molar-refractivity contribution is 5.62. The molecule has 0 aromatic heterocycles. The summed E-state index contributed by atoms with van der Waals surface area (Å²) in [5, 5.41) is 60.7. The first-order valence-corrected chi connectivity index (χ1v) is 32.8. The molecule has 9 aromatic rings. The zero-order chi connectivity index (χ0) is 78.6. The van der Waals surface area contributed by atoms with Crippen LogP contribution in [-0.2, 0) is 0 Å². The summed E-state index contributed by atoms with van der Waals surface area (Å²) < 4.78 is 21.9. The first-order chi connectivity index (χ1) is 49.5. The molecule has 0 spiro atoms. The summed E-state index contributed by atoms with van der Waals surface area (Å²) in [5.41, 5.74) is 36.4. The van der Waals surface area contributed by atoms with Gasteiger partial charge in [-0.15, -0.1) is 0 Å². The Morgan fingerprint density at radius 2 is 0.790 bits per heavy atom. The molecule has 105 heavy (non-hydrogen) atoms. The molecule has 0 radical (unpaired) electrons. The zero-order valence-corrected chi connectivity index (χ0v) is 62.0. The van der Waals surface area contributed by atoms with Gasteiger partial charge in [0, 0.05) is 173 Å². The number of hydrogen-bond donors (Lipinski definition) is 5. The van der Waals surface area contributed by atoms with E-state index in [0.29, 0.717) is 11.4 Å². The molecule has 2 heterocycles. The summed E-state index contributed by atoms with van der Waals surface area (Å²) in [6.45, 7) is 20.0. The van der Waals surface area contributed by atoms with Gasteiger partial charge in [-0.1, -0.05) is 48.5 Å². The predicted molar refractivity (Wildman–Crippen MR) is 426 cm³/mol. The number of nitro groups is 5. The van der Waals surface area contributed by atoms with E-state index in [1.165, 1.54) is 54.4 Å². The molecule has 0 saturated carbocycles. The number of aromatic hydroxyl groups is 1. The van der Waals surface area contributed by atoms with Gasteiger partial charge < -0.3 is 66.9 Å². The SMILES string of the molecule is CN(C)c1ccc(N)cc1.CN(C)c1ccc([N+](=O)[O-])cc1.COc1ccc(C)cc1N.COc1ccc(C)cc1[N+](=O)[O-].Cc1ccc(N)cc1N1CCN(C)CC1.Cc1ccc(O)c([N+](=O)[O-])c1.Cc1ccc([N+](=O)[O-])cc1N1CCN(C)CC1.Cc1ccccc1N.O=[N+]([O-])c1ccc(F)cc1.[HH].[HH].[HH]. The zero-order valence-electron chi connectivity index (χ0n) is 62.0. The maximum absolute atomic E-state index is 12.1. The number of piperazine rings is 2. The molecule has 9 N–H and O–H groups in total. The normalized spacial score (nSPS) is 11.9. The fourth-order valence-corrected chi connectivity index (χ4v) is 9.48. The van der Waals surface area contributed by atoms with Crippen molar-refractivity contribution >= 4 is 73.9 Å². The molecule has 0 atom stereocenters. The standard InChI is InChI=1S/C12H17N3O2.C12H19N3.C8H10N2O2.C8H12N2.C8H9NO3.C8H11NO.C7H7NO3.C7H9N.C6H4FNO2.3H2/c1-10-3-4-11(15(16)17)9-12(10)14-7-5-13(2)6-8-14;1-10-3-4-11(13)9-12(10)15-7-5-14(2)6-8-15;1-9(2)7-3-5-8(6-4-7)10(11)12;1-10(2)8-5-3-7(9)4-6-8;1-6-3-4-8(12-2)7(5-6)9(10)11;1-6-3-4-8(10-2)7(9)5-6;1-5-2-3-7(9)6(4-5)8(10)11;1-6-4-2-3-5-7(6)8;7-5-1-3-6(4-2-5)8(9)10;;;/h3-4,9H,5-8H2,1-2H3;3-4,9H,5-8,13H2,1-2H3;3-6H,1-2H3;3-6H,9H2,1-2H3;3-5H,1-2H3;3-5H,9H2,1-2H3;2-4,9H,1H3;2-5H,8H2,1H3;1-4H;3*1H. The van der Waals surface area contributed by atoms with Crippen molar-refractivity contribution in [2.75, 3.05) is 151 Å². The Balaban J connectivity index is 0.00000120. The second-order valence-corrected chi connectivity index (χ2v) is 24.5. The number of hydrogen-bond acceptors (Lipinski definition) is 23. The van der Waals surface area contributed by atoms with Gasteiger partial charge in [0.1, 0.15) is 11.6 Å². The molecule has 0 bridgehead atoms. The number of rotatable bonds is 11. The van der Waals surface area contributed by atoms with Crippen LogP contribution in [0, 0.1) is 97.9 Å². The maximum atomic E-state index is 12.1. The lowest BCUT2D eigenvalue weighted by Gasteiger charge is -2.35. The van der Waals surface area contributed by atoms with Crippen LogP contribution in [0.5, 0.6) is 17.2 Å². The Morgan fingerprint density at radius 1 is 0.410 bits per heavy atom. The summed E-state index contributed by atoms with van der Waals surface area (Å²) >= 11 is 0. The van der Waals surface area contributed by atoms with E-state index in [9.17, 15) is 55.0 Å². The molecular weight excluding hydrogens is 1350 g/mol. The number of methoxy groups -OCH3 is 2. The first-order valence-electron chi connectivity index (χ1n) is 32.8. The van der Waals surface area contributed by atoms with Gasteiger partial charge >= 0.3 is 11.4 Å². The summed E-state index contributed by atoms with van der Waals surface area (Å²) in [6, 6.07) is 52.4. The summed E-state index contributed by atoms with van der Waals surface area (Å²) in [4.78, 5) is 62.6. The van der Waals surface area contributed by atoms with E-state index in [1.807, 2.05) is 138 Å². The number of phenols is 1. The molecular formula is C76H104FN15O13. The second-order valence-electron chi connectivity index (χ2n) is 24.5. The van der Waals surface area contributed by atoms with Crippen LogP contribution in [-0.4, -0.2) is 148 Å². The number of benzene rings is 9. The number of halogens is 1. The lowest BCUT2D eigenvalue weighted by molar-refractivity contribution is -0.386. The number of non-ortho nitro benzene ring substituents is 3. The summed E-state index contributed by atoms with van der Waals surface area (Å²) in [7, 11) is 15.1. The predicted octanol–water partition coefficient (Wildman–Crippen LogP) is 15.1. The molecule has 568 valence electrons. The van der Waals surface area contributed by atoms with E-state index in [0.717, 1.165) is 139 Å². The molecule has 2 aliphatic heterocycles. The lowest BCUT2D eigenvalue weighted by Crippen LogP contribution is -2.44. The van der Waals surface area contributed by atoms with Gasteiger partial charge in [0.05, 0.1) is 44.5 Å². The first kappa shape index (κ1) is 86.8. The van der Waals surface area contributed by atoms with E-state index in [1.54, 1.807) is 63.4 Å². The molecule has 0 aliphatic carbocycles. The smallest absolute Gasteiger partial charge is 0.311 e. The molecule has 9 aromatic carbocycles. The van der Waals surface area contributed by atoms with Crippen LogP contribution in [0.2, 0.25) is 0 Å². The number of anilines is 8. The van der Waals surface area contributed by atoms with E-state index in [2.05, 4.69) is 52.8 Å². The quantitative estimate of drug-likeness (QED) is 0.0456. The van der Waals surface area contributed by atoms with Crippen molar-refractivity contribution < 1.29 is 47.9 Å². The highest BCUT2D eigenvalue weighted by atomic mass is 19.1. The number of nitrogen functional groups attached to an aromatic ring is 4. The van der Waals surface area contributed by atoms with Gasteiger partial charge in [-0.2, -0.15) is 0 Å². The summed E-state index contributed by atoms with van der Waals surface area (Å²) in [5.74, 6) is 0.280.